The van der Waals surface area contributed by atoms with Crippen LogP contribution in [0.3, 0.4) is 0 Å². The second-order valence-electron chi connectivity index (χ2n) is 2.57. The fourth-order valence-corrected chi connectivity index (χ4v) is 0.712. The van der Waals surface area contributed by atoms with Gasteiger partial charge in [-0.3, -0.25) is 0 Å². The first-order chi connectivity index (χ1) is 4.81. The largest absolute Gasteiger partial charge is 0.303 e. The monoisotopic (exact) mass is 140 g/mol. The minimum atomic E-state index is 0.224. The van der Waals surface area contributed by atoms with E-state index in [2.05, 4.69) is 19.1 Å². The van der Waals surface area contributed by atoms with Gasteiger partial charge in [0, 0.05) is 5.92 Å². The van der Waals surface area contributed by atoms with Crippen molar-refractivity contribution in [3.63, 3.8) is 0 Å². The third kappa shape index (κ3) is 5.54. The summed E-state index contributed by atoms with van der Waals surface area (Å²) in [6, 6.07) is 0. The molecule has 0 aliphatic heterocycles. The highest BCUT2D eigenvalue weighted by Crippen LogP contribution is 2.02. The zero-order chi connectivity index (χ0) is 7.82. The van der Waals surface area contributed by atoms with Crippen LogP contribution >= 0.6 is 0 Å². The third-order valence-corrected chi connectivity index (χ3v) is 1.42. The second kappa shape index (κ2) is 6.53. The molecule has 0 fully saturated rings. The SMILES string of the molecule is CC/C=C/CCC(C)C=O. The minimum Gasteiger partial charge on any atom is -0.303 e. The Morgan fingerprint density at radius 3 is 2.60 bits per heavy atom. The van der Waals surface area contributed by atoms with E-state index in [1.807, 2.05) is 6.92 Å². The van der Waals surface area contributed by atoms with E-state index in [0.717, 1.165) is 25.5 Å². The molecule has 1 nitrogen and oxygen atoms in total. The molecular weight excluding hydrogens is 124 g/mol. The standard InChI is InChI=1S/C9H16O/c1-3-4-5-6-7-9(2)8-10/h4-5,8-9H,3,6-7H2,1-2H3/b5-4+. The van der Waals surface area contributed by atoms with Crippen LogP contribution in [0.5, 0.6) is 0 Å². The Morgan fingerprint density at radius 2 is 2.10 bits per heavy atom. The number of rotatable bonds is 5. The first kappa shape index (κ1) is 9.41. The molecule has 0 aromatic rings. The summed E-state index contributed by atoms with van der Waals surface area (Å²) >= 11 is 0. The zero-order valence-electron chi connectivity index (χ0n) is 6.84. The van der Waals surface area contributed by atoms with Crippen molar-refractivity contribution >= 4 is 6.29 Å². The molecule has 0 aliphatic rings. The molecule has 58 valence electrons. The molecule has 0 saturated heterocycles. The molecule has 0 bridgehead atoms. The molecule has 0 heterocycles. The van der Waals surface area contributed by atoms with Crippen LogP contribution in [0.2, 0.25) is 0 Å². The van der Waals surface area contributed by atoms with Gasteiger partial charge in [-0.25, -0.2) is 0 Å². The van der Waals surface area contributed by atoms with E-state index in [-0.39, 0.29) is 5.92 Å². The molecule has 0 N–H and O–H groups in total. The maximum atomic E-state index is 10.1. The van der Waals surface area contributed by atoms with Crippen LogP contribution in [0, 0.1) is 5.92 Å². The van der Waals surface area contributed by atoms with Crippen molar-refractivity contribution in [3.8, 4) is 0 Å². The first-order valence-corrected chi connectivity index (χ1v) is 3.91. The molecular formula is C9H16O. The lowest BCUT2D eigenvalue weighted by molar-refractivity contribution is -0.110. The van der Waals surface area contributed by atoms with Gasteiger partial charge in [-0.15, -0.1) is 0 Å². The van der Waals surface area contributed by atoms with Crippen LogP contribution in [0.1, 0.15) is 33.1 Å². The number of hydrogen-bond donors (Lipinski definition) is 0. The van der Waals surface area contributed by atoms with Crippen molar-refractivity contribution in [2.45, 2.75) is 33.1 Å². The third-order valence-electron chi connectivity index (χ3n) is 1.42. The van der Waals surface area contributed by atoms with Crippen molar-refractivity contribution in [1.29, 1.82) is 0 Å². The summed E-state index contributed by atoms with van der Waals surface area (Å²) in [5.74, 6) is 0.224. The van der Waals surface area contributed by atoms with Crippen LogP contribution in [-0.2, 0) is 4.79 Å². The average molecular weight is 140 g/mol. The van der Waals surface area contributed by atoms with E-state index in [1.165, 1.54) is 0 Å². The summed E-state index contributed by atoms with van der Waals surface area (Å²) in [5, 5.41) is 0. The Labute approximate surface area is 63.1 Å². The smallest absolute Gasteiger partial charge is 0.122 e. The molecule has 1 unspecified atom stereocenters. The quantitative estimate of drug-likeness (QED) is 0.423. The fourth-order valence-electron chi connectivity index (χ4n) is 0.712. The van der Waals surface area contributed by atoms with E-state index >= 15 is 0 Å². The van der Waals surface area contributed by atoms with Crippen molar-refractivity contribution < 1.29 is 4.79 Å². The minimum absolute atomic E-state index is 0.224. The molecule has 10 heavy (non-hydrogen) atoms. The molecule has 0 aliphatic carbocycles. The average Bonchev–Trinajstić information content (AvgIpc) is 1.98. The number of carbonyl (C=O) groups is 1. The van der Waals surface area contributed by atoms with E-state index in [1.54, 1.807) is 0 Å². The Balaban J connectivity index is 3.18. The molecule has 1 atom stereocenters. The fraction of sp³-hybridized carbons (Fsp3) is 0.667. The van der Waals surface area contributed by atoms with Gasteiger partial charge in [0.2, 0.25) is 0 Å². The number of hydrogen-bond acceptors (Lipinski definition) is 1. The molecule has 0 aromatic carbocycles. The predicted molar refractivity (Wildman–Crippen MR) is 43.9 cm³/mol. The number of allylic oxidation sites excluding steroid dienone is 2. The van der Waals surface area contributed by atoms with Crippen LogP contribution in [0.4, 0.5) is 0 Å². The van der Waals surface area contributed by atoms with E-state index in [4.69, 9.17) is 0 Å². The highest BCUT2D eigenvalue weighted by Gasteiger charge is 1.94. The summed E-state index contributed by atoms with van der Waals surface area (Å²) in [4.78, 5) is 10.1. The topological polar surface area (TPSA) is 17.1 Å². The summed E-state index contributed by atoms with van der Waals surface area (Å²) in [6.07, 6.45) is 8.40. The van der Waals surface area contributed by atoms with Gasteiger partial charge in [0.15, 0.2) is 0 Å². The van der Waals surface area contributed by atoms with Gasteiger partial charge in [0.1, 0.15) is 6.29 Å². The molecule has 0 radical (unpaired) electrons. The first-order valence-electron chi connectivity index (χ1n) is 3.91. The van der Waals surface area contributed by atoms with Crippen molar-refractivity contribution in [2.75, 3.05) is 0 Å². The summed E-state index contributed by atoms with van der Waals surface area (Å²) in [6.45, 7) is 4.06. The van der Waals surface area contributed by atoms with E-state index in [0.29, 0.717) is 0 Å². The Hall–Kier alpha value is -0.590. The van der Waals surface area contributed by atoms with Crippen LogP contribution in [0.15, 0.2) is 12.2 Å². The lowest BCUT2D eigenvalue weighted by atomic mass is 10.1. The molecule has 0 spiro atoms. The van der Waals surface area contributed by atoms with Crippen LogP contribution in [0.25, 0.3) is 0 Å². The van der Waals surface area contributed by atoms with Gasteiger partial charge in [0.25, 0.3) is 0 Å². The Bertz CT molecular complexity index is 105. The van der Waals surface area contributed by atoms with Gasteiger partial charge in [-0.1, -0.05) is 26.0 Å². The molecule has 1 heteroatoms. The lowest BCUT2D eigenvalue weighted by Crippen LogP contribution is -1.93. The Kier molecular flexibility index (Phi) is 6.14. The van der Waals surface area contributed by atoms with Gasteiger partial charge in [-0.2, -0.15) is 0 Å². The van der Waals surface area contributed by atoms with Crippen molar-refractivity contribution in [1.82, 2.24) is 0 Å². The zero-order valence-corrected chi connectivity index (χ0v) is 6.84. The molecule has 0 rings (SSSR count). The lowest BCUT2D eigenvalue weighted by Gasteiger charge is -1.96. The van der Waals surface area contributed by atoms with Gasteiger partial charge < -0.3 is 4.79 Å². The maximum Gasteiger partial charge on any atom is 0.122 e. The highest BCUT2D eigenvalue weighted by molar-refractivity contribution is 5.52. The molecule has 0 aromatic heterocycles. The summed E-state index contributed by atoms with van der Waals surface area (Å²) < 4.78 is 0. The van der Waals surface area contributed by atoms with Gasteiger partial charge in [-0.05, 0) is 19.3 Å². The number of carbonyl (C=O) groups excluding carboxylic acids is 1. The van der Waals surface area contributed by atoms with Crippen LogP contribution in [-0.4, -0.2) is 6.29 Å². The van der Waals surface area contributed by atoms with E-state index < -0.39 is 0 Å². The van der Waals surface area contributed by atoms with Gasteiger partial charge >= 0.3 is 0 Å². The highest BCUT2D eigenvalue weighted by atomic mass is 16.1. The summed E-state index contributed by atoms with van der Waals surface area (Å²) in [5.41, 5.74) is 0. The van der Waals surface area contributed by atoms with E-state index in [9.17, 15) is 4.79 Å². The predicted octanol–water partition coefficient (Wildman–Crippen LogP) is 2.57. The number of aldehydes is 1. The van der Waals surface area contributed by atoms with Gasteiger partial charge in [0.05, 0.1) is 0 Å². The van der Waals surface area contributed by atoms with Crippen molar-refractivity contribution in [2.24, 2.45) is 5.92 Å². The second-order valence-corrected chi connectivity index (χ2v) is 2.57. The normalized spacial score (nSPS) is 13.8. The van der Waals surface area contributed by atoms with Crippen molar-refractivity contribution in [3.05, 3.63) is 12.2 Å². The Morgan fingerprint density at radius 1 is 1.40 bits per heavy atom. The molecule has 0 amide bonds. The van der Waals surface area contributed by atoms with Crippen LogP contribution < -0.4 is 0 Å². The molecule has 0 saturated carbocycles. The summed E-state index contributed by atoms with van der Waals surface area (Å²) in [7, 11) is 0. The maximum absolute atomic E-state index is 10.1.